The van der Waals surface area contributed by atoms with E-state index in [1.807, 2.05) is 30.3 Å². The Kier molecular flexibility index (Phi) is 4.89. The molecule has 0 fully saturated rings. The first-order valence-corrected chi connectivity index (χ1v) is 6.54. The van der Waals surface area contributed by atoms with E-state index in [1.165, 1.54) is 0 Å². The van der Waals surface area contributed by atoms with Crippen LogP contribution in [-0.2, 0) is 14.4 Å². The van der Waals surface area contributed by atoms with E-state index in [0.29, 0.717) is 5.71 Å². The minimum absolute atomic E-state index is 0.0554. The summed E-state index contributed by atoms with van der Waals surface area (Å²) in [6.45, 7) is -0.325. The lowest BCUT2D eigenvalue weighted by Crippen LogP contribution is -2.46. The molecule has 1 heterocycles. The average molecular weight is 292 g/mol. The third kappa shape index (κ3) is 3.79. The molecule has 0 aromatic heterocycles. The van der Waals surface area contributed by atoms with Gasteiger partial charge in [0.2, 0.25) is 6.10 Å². The van der Waals surface area contributed by atoms with E-state index in [9.17, 15) is 9.59 Å². The summed E-state index contributed by atoms with van der Waals surface area (Å²) in [5, 5.41) is 23.9. The number of nitrogens with zero attached hydrogens (tertiary/aromatic N) is 1. The molecular weight excluding hydrogens is 276 g/mol. The van der Waals surface area contributed by atoms with E-state index >= 15 is 0 Å². The topological polar surface area (TPSA) is 108 Å². The van der Waals surface area contributed by atoms with Crippen molar-refractivity contribution in [1.82, 2.24) is 5.32 Å². The van der Waals surface area contributed by atoms with Crippen LogP contribution in [0.3, 0.4) is 0 Å². The van der Waals surface area contributed by atoms with Crippen molar-refractivity contribution in [3.63, 3.8) is 0 Å². The van der Waals surface area contributed by atoms with Crippen molar-refractivity contribution in [2.45, 2.75) is 25.0 Å². The number of hydrogen-bond donors (Lipinski definition) is 3. The summed E-state index contributed by atoms with van der Waals surface area (Å²) in [6, 6.07) is 8.16. The van der Waals surface area contributed by atoms with Gasteiger partial charge in [-0.2, -0.15) is 0 Å². The van der Waals surface area contributed by atoms with Gasteiger partial charge in [0.15, 0.2) is 0 Å². The second-order valence-corrected chi connectivity index (χ2v) is 4.61. The Morgan fingerprint density at radius 1 is 1.38 bits per heavy atom. The fourth-order valence-electron chi connectivity index (χ4n) is 1.97. The van der Waals surface area contributed by atoms with Crippen molar-refractivity contribution in [3.05, 3.63) is 35.9 Å². The van der Waals surface area contributed by atoms with E-state index in [-0.39, 0.29) is 19.4 Å². The van der Waals surface area contributed by atoms with Crippen LogP contribution in [0, 0.1) is 0 Å². The number of rotatable bonds is 6. The first-order valence-electron chi connectivity index (χ1n) is 6.54. The highest BCUT2D eigenvalue weighted by molar-refractivity contribution is 6.04. The second-order valence-electron chi connectivity index (χ2n) is 4.61. The summed E-state index contributed by atoms with van der Waals surface area (Å²) >= 11 is 0. The fourth-order valence-corrected chi connectivity index (χ4v) is 1.97. The van der Waals surface area contributed by atoms with Crippen LogP contribution < -0.4 is 5.32 Å². The lowest BCUT2D eigenvalue weighted by molar-refractivity contribution is -0.144. The molecule has 0 saturated heterocycles. The molecule has 2 rings (SSSR count). The Morgan fingerprint density at radius 3 is 2.71 bits per heavy atom. The average Bonchev–Trinajstić information content (AvgIpc) is 2.97. The first-order chi connectivity index (χ1) is 10.1. The summed E-state index contributed by atoms with van der Waals surface area (Å²) in [5.74, 6) is -1.75. The van der Waals surface area contributed by atoms with Crippen LogP contribution >= 0.6 is 0 Å². The van der Waals surface area contributed by atoms with Crippen molar-refractivity contribution in [2.75, 3.05) is 6.61 Å². The molecule has 0 aliphatic carbocycles. The molecule has 1 aromatic rings. The SMILES string of the molecule is O=C(N[C@H](CCO)C(=O)O)C1CC(c2ccccc2)=NO1. The molecule has 1 aromatic carbocycles. The number of aliphatic hydroxyl groups excluding tert-OH is 1. The lowest BCUT2D eigenvalue weighted by atomic mass is 10.0. The van der Waals surface area contributed by atoms with Gasteiger partial charge in [-0.3, -0.25) is 4.79 Å². The number of nitrogens with one attached hydrogen (secondary N) is 1. The second kappa shape index (κ2) is 6.85. The third-order valence-corrected chi connectivity index (χ3v) is 3.10. The maximum absolute atomic E-state index is 12.0. The lowest BCUT2D eigenvalue weighted by Gasteiger charge is -2.15. The van der Waals surface area contributed by atoms with Crippen LogP contribution in [-0.4, -0.2) is 46.6 Å². The van der Waals surface area contributed by atoms with Gasteiger partial charge in [-0.05, 0) is 5.56 Å². The maximum Gasteiger partial charge on any atom is 0.326 e. The summed E-state index contributed by atoms with van der Waals surface area (Å²) in [6.07, 6.45) is -0.623. The first kappa shape index (κ1) is 15.0. The minimum Gasteiger partial charge on any atom is -0.480 e. The smallest absolute Gasteiger partial charge is 0.326 e. The van der Waals surface area contributed by atoms with E-state index in [2.05, 4.69) is 10.5 Å². The number of benzene rings is 1. The molecule has 0 saturated carbocycles. The maximum atomic E-state index is 12.0. The largest absolute Gasteiger partial charge is 0.480 e. The Balaban J connectivity index is 1.93. The van der Waals surface area contributed by atoms with E-state index in [1.54, 1.807) is 0 Å². The summed E-state index contributed by atoms with van der Waals surface area (Å²) in [5.41, 5.74) is 1.50. The number of aliphatic hydroxyl groups is 1. The molecule has 112 valence electrons. The van der Waals surface area contributed by atoms with Crippen molar-refractivity contribution in [2.24, 2.45) is 5.16 Å². The summed E-state index contributed by atoms with van der Waals surface area (Å²) in [4.78, 5) is 27.9. The molecule has 0 radical (unpaired) electrons. The zero-order chi connectivity index (χ0) is 15.2. The van der Waals surface area contributed by atoms with E-state index in [0.717, 1.165) is 5.56 Å². The number of aliphatic carboxylic acids is 1. The molecule has 21 heavy (non-hydrogen) atoms. The molecule has 7 heteroatoms. The molecule has 2 atom stereocenters. The Morgan fingerprint density at radius 2 is 2.10 bits per heavy atom. The molecule has 1 aliphatic rings. The molecule has 0 spiro atoms. The van der Waals surface area contributed by atoms with Crippen molar-refractivity contribution in [1.29, 1.82) is 0 Å². The van der Waals surface area contributed by atoms with Gasteiger partial charge in [0.25, 0.3) is 5.91 Å². The number of hydrogen-bond acceptors (Lipinski definition) is 5. The Hall–Kier alpha value is -2.41. The number of carboxylic acid groups (broad SMARTS) is 1. The van der Waals surface area contributed by atoms with Gasteiger partial charge in [-0.25, -0.2) is 4.79 Å². The van der Waals surface area contributed by atoms with Gasteiger partial charge in [-0.1, -0.05) is 35.5 Å². The molecule has 0 bridgehead atoms. The number of carboxylic acids is 1. The summed E-state index contributed by atoms with van der Waals surface area (Å²) < 4.78 is 0. The Bertz CT molecular complexity index is 544. The molecule has 1 unspecified atom stereocenters. The van der Waals surface area contributed by atoms with Crippen molar-refractivity contribution < 1.29 is 24.6 Å². The van der Waals surface area contributed by atoms with Gasteiger partial charge in [-0.15, -0.1) is 0 Å². The molecule has 3 N–H and O–H groups in total. The number of carbonyl (C=O) groups is 2. The van der Waals surface area contributed by atoms with Crippen molar-refractivity contribution >= 4 is 17.6 Å². The molecular formula is C14H16N2O5. The normalized spacial score (nSPS) is 18.5. The van der Waals surface area contributed by atoms with E-state index < -0.39 is 24.0 Å². The zero-order valence-corrected chi connectivity index (χ0v) is 11.2. The van der Waals surface area contributed by atoms with E-state index in [4.69, 9.17) is 15.1 Å². The quantitative estimate of drug-likeness (QED) is 0.690. The highest BCUT2D eigenvalue weighted by Crippen LogP contribution is 2.16. The van der Waals surface area contributed by atoms with Crippen molar-refractivity contribution in [3.8, 4) is 0 Å². The predicted octanol–water partition coefficient (Wildman–Crippen LogP) is 0.131. The number of oxime groups is 1. The number of carbonyl (C=O) groups excluding carboxylic acids is 1. The van der Waals surface area contributed by atoms with Gasteiger partial charge in [0, 0.05) is 19.4 Å². The third-order valence-electron chi connectivity index (χ3n) is 3.10. The molecule has 1 aliphatic heterocycles. The Labute approximate surface area is 121 Å². The van der Waals surface area contributed by atoms with Crippen LogP contribution in [0.5, 0.6) is 0 Å². The standard InChI is InChI=1S/C14H16N2O5/c17-7-6-10(14(19)20)15-13(18)12-8-11(16-21-12)9-4-2-1-3-5-9/h1-5,10,12,17H,6-8H2,(H,15,18)(H,19,20)/t10-,12?/m1/s1. The van der Waals surface area contributed by atoms with Crippen LogP contribution in [0.15, 0.2) is 35.5 Å². The highest BCUT2D eigenvalue weighted by atomic mass is 16.6. The van der Waals surface area contributed by atoms with Crippen LogP contribution in [0.25, 0.3) is 0 Å². The van der Waals surface area contributed by atoms with Gasteiger partial charge < -0.3 is 20.4 Å². The minimum atomic E-state index is -1.19. The van der Waals surface area contributed by atoms with Gasteiger partial charge in [0.1, 0.15) is 6.04 Å². The monoisotopic (exact) mass is 292 g/mol. The van der Waals surface area contributed by atoms with Crippen LogP contribution in [0.1, 0.15) is 18.4 Å². The fraction of sp³-hybridized carbons (Fsp3) is 0.357. The van der Waals surface area contributed by atoms with Crippen LogP contribution in [0.2, 0.25) is 0 Å². The van der Waals surface area contributed by atoms with Gasteiger partial charge in [0.05, 0.1) is 5.71 Å². The molecule has 7 nitrogen and oxygen atoms in total. The predicted molar refractivity (Wildman–Crippen MR) is 73.7 cm³/mol. The summed E-state index contributed by atoms with van der Waals surface area (Å²) in [7, 11) is 0. The zero-order valence-electron chi connectivity index (χ0n) is 11.2. The van der Waals surface area contributed by atoms with Gasteiger partial charge >= 0.3 is 5.97 Å². The molecule has 1 amide bonds. The van der Waals surface area contributed by atoms with Crippen LogP contribution in [0.4, 0.5) is 0 Å². The highest BCUT2D eigenvalue weighted by Gasteiger charge is 2.31. The number of amides is 1.